The van der Waals surface area contributed by atoms with Crippen LogP contribution in [0.25, 0.3) is 87.2 Å². The van der Waals surface area contributed by atoms with Crippen LogP contribution in [0.1, 0.15) is 0 Å². The van der Waals surface area contributed by atoms with E-state index in [-0.39, 0.29) is 0 Å². The van der Waals surface area contributed by atoms with Crippen LogP contribution in [0, 0.1) is 0 Å². The molecular formula is C36H20. The van der Waals surface area contributed by atoms with Gasteiger partial charge < -0.3 is 0 Å². The number of hydrogen-bond donors (Lipinski definition) is 0. The van der Waals surface area contributed by atoms with Crippen molar-refractivity contribution in [3.8, 4) is 33.4 Å². The van der Waals surface area contributed by atoms with Crippen LogP contribution >= 0.6 is 0 Å². The zero-order chi connectivity index (χ0) is 23.4. The van der Waals surface area contributed by atoms with E-state index in [2.05, 4.69) is 121 Å². The van der Waals surface area contributed by atoms with Crippen molar-refractivity contribution in [3.63, 3.8) is 0 Å². The lowest BCUT2D eigenvalue weighted by Gasteiger charge is -2.14. The Bertz CT molecular complexity index is 2180. The molecule has 0 N–H and O–H groups in total. The topological polar surface area (TPSA) is 0 Å². The zero-order valence-electron chi connectivity index (χ0n) is 19.5. The van der Waals surface area contributed by atoms with Gasteiger partial charge in [-0.2, -0.15) is 0 Å². The minimum Gasteiger partial charge on any atom is -0.0622 e. The summed E-state index contributed by atoms with van der Waals surface area (Å²) in [7, 11) is 0. The number of fused-ring (bicyclic) bond motifs is 5. The molecular weight excluding hydrogens is 432 g/mol. The lowest BCUT2D eigenvalue weighted by molar-refractivity contribution is 1.67. The number of rotatable bonds is 1. The van der Waals surface area contributed by atoms with Crippen molar-refractivity contribution in [1.29, 1.82) is 0 Å². The van der Waals surface area contributed by atoms with Gasteiger partial charge in [0.05, 0.1) is 0 Å². The maximum atomic E-state index is 2.46. The summed E-state index contributed by atoms with van der Waals surface area (Å²) in [5.74, 6) is 0. The van der Waals surface area contributed by atoms with Gasteiger partial charge in [-0.3, -0.25) is 0 Å². The highest BCUT2D eigenvalue weighted by Gasteiger charge is 2.26. The molecule has 0 amide bonds. The Morgan fingerprint density at radius 1 is 0.306 bits per heavy atom. The Labute approximate surface area is 208 Å². The molecule has 0 radical (unpaired) electrons. The van der Waals surface area contributed by atoms with Crippen LogP contribution < -0.4 is 0 Å². The quantitative estimate of drug-likeness (QED) is 0.172. The highest BCUT2D eigenvalue weighted by Crippen LogP contribution is 2.53. The molecule has 0 saturated carbocycles. The fraction of sp³-hybridized carbons (Fsp3) is 0. The second-order valence-electron chi connectivity index (χ2n) is 10.1. The van der Waals surface area contributed by atoms with Gasteiger partial charge in [0.25, 0.3) is 0 Å². The molecule has 0 heterocycles. The monoisotopic (exact) mass is 452 g/mol. The van der Waals surface area contributed by atoms with E-state index >= 15 is 0 Å². The second kappa shape index (κ2) is 6.50. The Morgan fingerprint density at radius 2 is 1.00 bits per heavy atom. The smallest absolute Gasteiger partial charge is 0.00137 e. The third-order valence-electron chi connectivity index (χ3n) is 8.27. The average Bonchev–Trinajstić information content (AvgIpc) is 3.24. The van der Waals surface area contributed by atoms with Crippen molar-refractivity contribution in [1.82, 2.24) is 0 Å². The van der Waals surface area contributed by atoms with Crippen LogP contribution in [0.2, 0.25) is 0 Å². The van der Waals surface area contributed by atoms with Gasteiger partial charge in [-0.25, -0.2) is 0 Å². The lowest BCUT2D eigenvalue weighted by Crippen LogP contribution is -1.87. The molecule has 0 aromatic heterocycles. The standard InChI is InChI=1S/C36H20/c1-2-7-21(8-3-1)34-27-12-5-4-9-24(27)17-26-19-30-31(20-29(26)34)28-16-15-23-14-13-22-10-6-11-25-18-32(30)36(28)35(23)33(22)25/h1-20H. The van der Waals surface area contributed by atoms with E-state index < -0.39 is 0 Å². The van der Waals surface area contributed by atoms with Crippen LogP contribution in [0.4, 0.5) is 0 Å². The molecule has 9 rings (SSSR count). The molecule has 0 bridgehead atoms. The van der Waals surface area contributed by atoms with Gasteiger partial charge in [-0.1, -0.05) is 97.1 Å². The van der Waals surface area contributed by atoms with Gasteiger partial charge in [0.2, 0.25) is 0 Å². The SMILES string of the molecule is c1ccc(-c2c3ccccc3cc3cc4c(cc23)-c2ccc3ccc5cccc6cc-4c2c3c56)cc1. The molecule has 0 saturated heterocycles. The molecule has 0 fully saturated rings. The van der Waals surface area contributed by atoms with Crippen molar-refractivity contribution in [2.75, 3.05) is 0 Å². The maximum Gasteiger partial charge on any atom is -0.00137 e. The van der Waals surface area contributed by atoms with Gasteiger partial charge in [0, 0.05) is 0 Å². The predicted molar refractivity (Wildman–Crippen MR) is 155 cm³/mol. The molecule has 1 aliphatic rings. The van der Waals surface area contributed by atoms with Crippen LogP contribution in [-0.2, 0) is 0 Å². The number of hydrogen-bond acceptors (Lipinski definition) is 0. The molecule has 8 aromatic carbocycles. The van der Waals surface area contributed by atoms with E-state index in [0.29, 0.717) is 0 Å². The first kappa shape index (κ1) is 18.6. The van der Waals surface area contributed by atoms with Crippen molar-refractivity contribution >= 4 is 53.9 Å². The van der Waals surface area contributed by atoms with Gasteiger partial charge >= 0.3 is 0 Å². The Morgan fingerprint density at radius 3 is 1.92 bits per heavy atom. The highest BCUT2D eigenvalue weighted by molar-refractivity contribution is 6.32. The minimum absolute atomic E-state index is 1.27. The van der Waals surface area contributed by atoms with Crippen molar-refractivity contribution < 1.29 is 0 Å². The van der Waals surface area contributed by atoms with E-state index in [1.165, 1.54) is 87.2 Å². The molecule has 0 spiro atoms. The van der Waals surface area contributed by atoms with E-state index in [1.807, 2.05) is 0 Å². The van der Waals surface area contributed by atoms with Gasteiger partial charge in [0.15, 0.2) is 0 Å². The van der Waals surface area contributed by atoms with Crippen molar-refractivity contribution in [3.05, 3.63) is 121 Å². The van der Waals surface area contributed by atoms with Crippen molar-refractivity contribution in [2.45, 2.75) is 0 Å². The average molecular weight is 453 g/mol. The van der Waals surface area contributed by atoms with E-state index in [4.69, 9.17) is 0 Å². The Balaban J connectivity index is 1.48. The fourth-order valence-electron chi connectivity index (χ4n) is 6.76. The van der Waals surface area contributed by atoms with E-state index in [9.17, 15) is 0 Å². The van der Waals surface area contributed by atoms with Crippen LogP contribution in [-0.4, -0.2) is 0 Å². The van der Waals surface area contributed by atoms with Crippen LogP contribution in [0.3, 0.4) is 0 Å². The first-order valence-electron chi connectivity index (χ1n) is 12.6. The summed E-state index contributed by atoms with van der Waals surface area (Å²) in [5.41, 5.74) is 8.03. The first-order valence-corrected chi connectivity index (χ1v) is 12.6. The molecule has 0 aliphatic heterocycles. The summed E-state index contributed by atoms with van der Waals surface area (Å²) in [6.07, 6.45) is 0. The zero-order valence-corrected chi connectivity index (χ0v) is 19.5. The fourth-order valence-corrected chi connectivity index (χ4v) is 6.76. The second-order valence-corrected chi connectivity index (χ2v) is 10.1. The lowest BCUT2D eigenvalue weighted by atomic mass is 9.89. The molecule has 36 heavy (non-hydrogen) atoms. The minimum atomic E-state index is 1.27. The molecule has 8 aromatic rings. The molecule has 0 heteroatoms. The summed E-state index contributed by atoms with van der Waals surface area (Å²) < 4.78 is 0. The van der Waals surface area contributed by atoms with Gasteiger partial charge in [-0.05, 0) is 112 Å². The molecule has 0 atom stereocenters. The third kappa shape index (κ3) is 2.25. The van der Waals surface area contributed by atoms with Crippen molar-refractivity contribution in [2.24, 2.45) is 0 Å². The summed E-state index contributed by atoms with van der Waals surface area (Å²) in [4.78, 5) is 0. The maximum absolute atomic E-state index is 2.46. The Hall–Kier alpha value is -4.68. The number of benzene rings is 8. The van der Waals surface area contributed by atoms with Gasteiger partial charge in [0.1, 0.15) is 0 Å². The molecule has 164 valence electrons. The van der Waals surface area contributed by atoms with E-state index in [0.717, 1.165) is 0 Å². The van der Waals surface area contributed by atoms with Crippen LogP contribution in [0.5, 0.6) is 0 Å². The van der Waals surface area contributed by atoms with Crippen LogP contribution in [0.15, 0.2) is 121 Å². The van der Waals surface area contributed by atoms with Gasteiger partial charge in [-0.15, -0.1) is 0 Å². The Kier molecular flexibility index (Phi) is 3.36. The predicted octanol–water partition coefficient (Wildman–Crippen LogP) is 10.2. The molecule has 0 unspecified atom stereocenters. The normalized spacial score (nSPS) is 12.4. The summed E-state index contributed by atoms with van der Waals surface area (Å²) in [5, 5.41) is 13.4. The summed E-state index contributed by atoms with van der Waals surface area (Å²) in [6.45, 7) is 0. The van der Waals surface area contributed by atoms with E-state index in [1.54, 1.807) is 0 Å². The summed E-state index contributed by atoms with van der Waals surface area (Å²) in [6, 6.07) is 45.2. The third-order valence-corrected chi connectivity index (χ3v) is 8.27. The molecule has 1 aliphatic carbocycles. The summed E-state index contributed by atoms with van der Waals surface area (Å²) >= 11 is 0. The first-order chi connectivity index (χ1) is 17.8. The molecule has 0 nitrogen and oxygen atoms in total. The largest absolute Gasteiger partial charge is 0.0622 e. The highest BCUT2D eigenvalue weighted by atomic mass is 14.3.